The number of amides is 2. The van der Waals surface area contributed by atoms with Crippen molar-refractivity contribution < 1.29 is 9.59 Å². The second-order valence-electron chi connectivity index (χ2n) is 5.97. The molecule has 4 nitrogen and oxygen atoms in total. The molecule has 0 aliphatic carbocycles. The largest absolute Gasteiger partial charge is 0.344 e. The molecule has 2 rings (SSSR count). The lowest BCUT2D eigenvalue weighted by Crippen LogP contribution is -2.46. The van der Waals surface area contributed by atoms with Crippen LogP contribution in [0.4, 0.5) is 0 Å². The van der Waals surface area contributed by atoms with E-state index in [0.29, 0.717) is 29.6 Å². The molecule has 1 aliphatic heterocycles. The second-order valence-corrected chi connectivity index (χ2v) is 7.77. The lowest BCUT2D eigenvalue weighted by molar-refractivity contribution is -0.135. The number of carbonyl (C=O) groups excluding carboxylic acids is 2. The first-order chi connectivity index (χ1) is 9.86. The summed E-state index contributed by atoms with van der Waals surface area (Å²) in [6, 6.07) is 3.25. The molecular formula is C15H21ClN2O2S. The van der Waals surface area contributed by atoms with Crippen LogP contribution in [0.3, 0.4) is 0 Å². The summed E-state index contributed by atoms with van der Waals surface area (Å²) in [7, 11) is 0. The molecule has 116 valence electrons. The normalized spacial score (nSPS) is 23.4. The second kappa shape index (κ2) is 6.79. The van der Waals surface area contributed by atoms with Crippen molar-refractivity contribution in [2.45, 2.75) is 52.2 Å². The fourth-order valence-electron chi connectivity index (χ4n) is 2.58. The minimum absolute atomic E-state index is 0.00609. The van der Waals surface area contributed by atoms with Gasteiger partial charge in [-0.25, -0.2) is 0 Å². The quantitative estimate of drug-likeness (QED) is 0.923. The fourth-order valence-corrected chi connectivity index (χ4v) is 3.67. The van der Waals surface area contributed by atoms with Crippen molar-refractivity contribution in [2.24, 2.45) is 5.92 Å². The van der Waals surface area contributed by atoms with E-state index in [9.17, 15) is 9.59 Å². The summed E-state index contributed by atoms with van der Waals surface area (Å²) >= 11 is 7.43. The Bertz CT molecular complexity index is 529. The Kier molecular flexibility index (Phi) is 5.27. The number of nitrogens with one attached hydrogen (secondary N) is 1. The minimum atomic E-state index is -0.419. The maximum absolute atomic E-state index is 12.7. The molecule has 1 aliphatic rings. The Morgan fingerprint density at radius 2 is 2.14 bits per heavy atom. The zero-order valence-corrected chi connectivity index (χ0v) is 14.1. The Balaban J connectivity index is 2.19. The van der Waals surface area contributed by atoms with Crippen LogP contribution < -0.4 is 5.32 Å². The number of halogens is 1. The van der Waals surface area contributed by atoms with Crippen molar-refractivity contribution >= 4 is 34.8 Å². The van der Waals surface area contributed by atoms with Crippen LogP contribution in [0, 0.1) is 5.92 Å². The van der Waals surface area contributed by atoms with Crippen LogP contribution in [0.2, 0.25) is 4.34 Å². The average molecular weight is 329 g/mol. The Morgan fingerprint density at radius 1 is 1.43 bits per heavy atom. The number of carbonyl (C=O) groups is 2. The molecule has 0 saturated carbocycles. The summed E-state index contributed by atoms with van der Waals surface area (Å²) in [4.78, 5) is 27.5. The molecule has 2 unspecified atom stereocenters. The molecule has 0 bridgehead atoms. The maximum Gasteiger partial charge on any atom is 0.245 e. The molecule has 2 atom stereocenters. The van der Waals surface area contributed by atoms with Crippen LogP contribution in [0.1, 0.15) is 38.5 Å². The standard InChI is InChI=1S/C15H21ClN2O2S/c1-9(2)6-12-15(20)18(10(3)7-14(19)17-12)8-11-4-5-13(16)21-11/h4-5,9-10,12H,6-8H2,1-3H3,(H,17,19). The zero-order chi connectivity index (χ0) is 15.6. The fraction of sp³-hybridized carbons (Fsp3) is 0.600. The molecule has 0 spiro atoms. The van der Waals surface area contributed by atoms with E-state index in [-0.39, 0.29) is 17.9 Å². The molecule has 21 heavy (non-hydrogen) atoms. The Labute approximate surface area is 134 Å². The monoisotopic (exact) mass is 328 g/mol. The first-order valence-electron chi connectivity index (χ1n) is 7.21. The van der Waals surface area contributed by atoms with Crippen molar-refractivity contribution in [3.05, 3.63) is 21.3 Å². The van der Waals surface area contributed by atoms with Crippen molar-refractivity contribution in [1.29, 1.82) is 0 Å². The van der Waals surface area contributed by atoms with Gasteiger partial charge in [-0.15, -0.1) is 11.3 Å². The summed E-state index contributed by atoms with van der Waals surface area (Å²) in [5, 5.41) is 2.86. The lowest BCUT2D eigenvalue weighted by atomic mass is 10.0. The third-order valence-corrected chi connectivity index (χ3v) is 4.81. The first-order valence-corrected chi connectivity index (χ1v) is 8.40. The average Bonchev–Trinajstić information content (AvgIpc) is 2.75. The van der Waals surface area contributed by atoms with Gasteiger partial charge in [-0.3, -0.25) is 9.59 Å². The predicted molar refractivity (Wildman–Crippen MR) is 85.3 cm³/mol. The molecular weight excluding hydrogens is 308 g/mol. The molecule has 2 amide bonds. The van der Waals surface area contributed by atoms with Gasteiger partial charge in [0.25, 0.3) is 0 Å². The number of rotatable bonds is 4. The molecule has 1 fully saturated rings. The van der Waals surface area contributed by atoms with Gasteiger partial charge in [0.1, 0.15) is 6.04 Å². The van der Waals surface area contributed by atoms with Gasteiger partial charge in [0, 0.05) is 17.3 Å². The molecule has 1 aromatic heterocycles. The summed E-state index contributed by atoms with van der Waals surface area (Å²) in [5.41, 5.74) is 0. The van der Waals surface area contributed by atoms with Crippen molar-refractivity contribution in [3.63, 3.8) is 0 Å². The topological polar surface area (TPSA) is 49.4 Å². The van der Waals surface area contributed by atoms with E-state index in [1.807, 2.05) is 19.1 Å². The third-order valence-electron chi connectivity index (χ3n) is 3.59. The van der Waals surface area contributed by atoms with Crippen molar-refractivity contribution in [1.82, 2.24) is 10.2 Å². The van der Waals surface area contributed by atoms with Gasteiger partial charge in [-0.2, -0.15) is 0 Å². The van der Waals surface area contributed by atoms with E-state index in [2.05, 4.69) is 19.2 Å². The highest BCUT2D eigenvalue weighted by Gasteiger charge is 2.34. The van der Waals surface area contributed by atoms with Crippen LogP contribution in [0.15, 0.2) is 12.1 Å². The van der Waals surface area contributed by atoms with Crippen LogP contribution in [-0.4, -0.2) is 28.8 Å². The van der Waals surface area contributed by atoms with E-state index in [1.54, 1.807) is 4.90 Å². The third kappa shape index (κ3) is 4.20. The van der Waals surface area contributed by atoms with E-state index in [0.717, 1.165) is 4.88 Å². The molecule has 1 aromatic rings. The zero-order valence-electron chi connectivity index (χ0n) is 12.6. The van der Waals surface area contributed by atoms with Gasteiger partial charge in [0.2, 0.25) is 11.8 Å². The SMILES string of the molecule is CC(C)CC1NC(=O)CC(C)N(Cc2ccc(Cl)s2)C1=O. The lowest BCUT2D eigenvalue weighted by Gasteiger charge is -2.28. The number of hydrogen-bond acceptors (Lipinski definition) is 3. The summed E-state index contributed by atoms with van der Waals surface area (Å²) in [5.74, 6) is 0.311. The van der Waals surface area contributed by atoms with Crippen LogP contribution >= 0.6 is 22.9 Å². The van der Waals surface area contributed by atoms with Crippen LogP contribution in [-0.2, 0) is 16.1 Å². The number of thiophene rings is 1. The van der Waals surface area contributed by atoms with E-state index >= 15 is 0 Å². The number of nitrogens with zero attached hydrogens (tertiary/aromatic N) is 1. The summed E-state index contributed by atoms with van der Waals surface area (Å²) < 4.78 is 0.716. The maximum atomic E-state index is 12.7. The first kappa shape index (κ1) is 16.3. The molecule has 0 radical (unpaired) electrons. The summed E-state index contributed by atoms with van der Waals surface area (Å²) in [6.07, 6.45) is 1.01. The highest BCUT2D eigenvalue weighted by Crippen LogP contribution is 2.25. The molecule has 2 heterocycles. The van der Waals surface area contributed by atoms with Crippen molar-refractivity contribution in [3.8, 4) is 0 Å². The minimum Gasteiger partial charge on any atom is -0.344 e. The Hall–Kier alpha value is -1.07. The highest BCUT2D eigenvalue weighted by atomic mass is 35.5. The number of hydrogen-bond donors (Lipinski definition) is 1. The smallest absolute Gasteiger partial charge is 0.245 e. The van der Waals surface area contributed by atoms with E-state index in [4.69, 9.17) is 11.6 Å². The highest BCUT2D eigenvalue weighted by molar-refractivity contribution is 7.16. The van der Waals surface area contributed by atoms with Crippen LogP contribution in [0.5, 0.6) is 0 Å². The summed E-state index contributed by atoms with van der Waals surface area (Å²) in [6.45, 7) is 6.54. The van der Waals surface area contributed by atoms with Crippen molar-refractivity contribution in [2.75, 3.05) is 0 Å². The Morgan fingerprint density at radius 3 is 2.71 bits per heavy atom. The van der Waals surface area contributed by atoms with Gasteiger partial charge in [-0.1, -0.05) is 25.4 Å². The predicted octanol–water partition coefficient (Wildman–Crippen LogP) is 3.05. The molecule has 1 N–H and O–H groups in total. The molecule has 0 aromatic carbocycles. The van der Waals surface area contributed by atoms with Gasteiger partial charge >= 0.3 is 0 Å². The van der Waals surface area contributed by atoms with Crippen LogP contribution in [0.25, 0.3) is 0 Å². The van der Waals surface area contributed by atoms with E-state index in [1.165, 1.54) is 11.3 Å². The molecule has 6 heteroatoms. The van der Waals surface area contributed by atoms with Gasteiger partial charge < -0.3 is 10.2 Å². The van der Waals surface area contributed by atoms with E-state index < -0.39 is 6.04 Å². The van der Waals surface area contributed by atoms with Gasteiger partial charge in [0.15, 0.2) is 0 Å². The van der Waals surface area contributed by atoms with Gasteiger partial charge in [0.05, 0.1) is 10.9 Å². The van der Waals surface area contributed by atoms with Gasteiger partial charge in [-0.05, 0) is 31.4 Å². The molecule has 1 saturated heterocycles.